The first-order chi connectivity index (χ1) is 8.52. The zero-order valence-electron chi connectivity index (χ0n) is 11.5. The van der Waals surface area contributed by atoms with Crippen LogP contribution in [0.1, 0.15) is 33.5 Å². The zero-order valence-corrected chi connectivity index (χ0v) is 12.3. The van der Waals surface area contributed by atoms with Gasteiger partial charge in [-0.1, -0.05) is 32.4 Å². The molecule has 0 radical (unpaired) electrons. The first kappa shape index (κ1) is 15.2. The second-order valence-electron chi connectivity index (χ2n) is 4.73. The van der Waals surface area contributed by atoms with Gasteiger partial charge in [0.15, 0.2) is 5.82 Å². The Morgan fingerprint density at radius 3 is 2.67 bits per heavy atom. The molecule has 0 aliphatic rings. The summed E-state index contributed by atoms with van der Waals surface area (Å²) in [6.07, 6.45) is 0. The van der Waals surface area contributed by atoms with E-state index in [0.717, 1.165) is 12.4 Å². The lowest BCUT2D eigenvalue weighted by Gasteiger charge is -2.16. The lowest BCUT2D eigenvalue weighted by Crippen LogP contribution is -2.17. The molecule has 0 saturated heterocycles. The van der Waals surface area contributed by atoms with E-state index in [1.54, 1.807) is 6.07 Å². The summed E-state index contributed by atoms with van der Waals surface area (Å²) in [6, 6.07) is 1.74. The lowest BCUT2D eigenvalue weighted by molar-refractivity contribution is 0.128. The van der Waals surface area contributed by atoms with Gasteiger partial charge in [-0.15, -0.1) is 0 Å². The van der Waals surface area contributed by atoms with Crippen LogP contribution in [0.4, 0.5) is 5.82 Å². The van der Waals surface area contributed by atoms with E-state index in [2.05, 4.69) is 36.1 Å². The van der Waals surface area contributed by atoms with Crippen LogP contribution < -0.4 is 5.32 Å². The van der Waals surface area contributed by atoms with Gasteiger partial charge in [-0.3, -0.25) is 0 Å². The number of hydrogen-bond acceptors (Lipinski definition) is 4. The molecule has 1 atom stereocenters. The van der Waals surface area contributed by atoms with Gasteiger partial charge in [0, 0.05) is 19.2 Å². The molecule has 1 rings (SSSR count). The van der Waals surface area contributed by atoms with Crippen molar-refractivity contribution in [1.82, 2.24) is 9.97 Å². The Kier molecular flexibility index (Phi) is 6.36. The van der Waals surface area contributed by atoms with Crippen LogP contribution in [-0.2, 0) is 11.3 Å². The largest absolute Gasteiger partial charge is 0.374 e. The van der Waals surface area contributed by atoms with Crippen LogP contribution in [-0.4, -0.2) is 23.1 Å². The summed E-state index contributed by atoms with van der Waals surface area (Å²) in [7, 11) is 0. The maximum absolute atomic E-state index is 5.96. The number of halogens is 1. The van der Waals surface area contributed by atoms with Gasteiger partial charge in [-0.25, -0.2) is 9.97 Å². The third kappa shape index (κ3) is 5.19. The third-order valence-electron chi connectivity index (χ3n) is 2.92. The fourth-order valence-electron chi connectivity index (χ4n) is 1.31. The summed E-state index contributed by atoms with van der Waals surface area (Å²) in [5.74, 6) is 2.59. The van der Waals surface area contributed by atoms with Gasteiger partial charge in [0.05, 0.1) is 0 Å². The minimum Gasteiger partial charge on any atom is -0.374 e. The highest BCUT2D eigenvalue weighted by molar-refractivity contribution is 6.29. The quantitative estimate of drug-likeness (QED) is 0.773. The number of aromatic nitrogens is 2. The molecule has 1 aromatic rings. The fourth-order valence-corrected chi connectivity index (χ4v) is 1.52. The number of nitrogens with one attached hydrogen (secondary N) is 1. The molecule has 0 aromatic carbocycles. The second kappa shape index (κ2) is 7.54. The van der Waals surface area contributed by atoms with Crippen LogP contribution in [0.3, 0.4) is 0 Å². The van der Waals surface area contributed by atoms with E-state index < -0.39 is 0 Å². The monoisotopic (exact) mass is 271 g/mol. The molecule has 18 heavy (non-hydrogen) atoms. The fraction of sp³-hybridized carbons (Fsp3) is 0.692. The Hall–Kier alpha value is -0.870. The van der Waals surface area contributed by atoms with E-state index in [9.17, 15) is 0 Å². The van der Waals surface area contributed by atoms with E-state index in [1.807, 2.05) is 6.92 Å². The molecule has 4 nitrogen and oxygen atoms in total. The van der Waals surface area contributed by atoms with E-state index in [0.29, 0.717) is 36.0 Å². The molecule has 1 unspecified atom stereocenters. The average Bonchev–Trinajstić information content (AvgIpc) is 2.32. The van der Waals surface area contributed by atoms with Crippen molar-refractivity contribution in [3.8, 4) is 0 Å². The van der Waals surface area contributed by atoms with Crippen molar-refractivity contribution in [3.05, 3.63) is 17.0 Å². The van der Waals surface area contributed by atoms with E-state index >= 15 is 0 Å². The standard InChI is InChI=1S/C13H22ClN3O/c1-5-18-8-13-16-11(14)6-12(17-13)15-7-10(4)9(2)3/h6,9-10H,5,7-8H2,1-4H3,(H,15,16,17). The molecule has 1 N–H and O–H groups in total. The molecule has 0 fully saturated rings. The Morgan fingerprint density at radius 2 is 2.06 bits per heavy atom. The van der Waals surface area contributed by atoms with Gasteiger partial charge in [-0.05, 0) is 18.8 Å². The van der Waals surface area contributed by atoms with Crippen LogP contribution in [0, 0.1) is 11.8 Å². The molecular weight excluding hydrogens is 250 g/mol. The Labute approximate surface area is 114 Å². The molecule has 0 saturated carbocycles. The molecule has 1 aromatic heterocycles. The van der Waals surface area contributed by atoms with Crippen LogP contribution in [0.5, 0.6) is 0 Å². The van der Waals surface area contributed by atoms with Gasteiger partial charge in [0.2, 0.25) is 0 Å². The number of rotatable bonds is 7. The summed E-state index contributed by atoms with van der Waals surface area (Å²) in [6.45, 7) is 10.5. The van der Waals surface area contributed by atoms with Gasteiger partial charge in [-0.2, -0.15) is 0 Å². The predicted molar refractivity (Wildman–Crippen MR) is 74.9 cm³/mol. The molecular formula is C13H22ClN3O. The SMILES string of the molecule is CCOCc1nc(Cl)cc(NCC(C)C(C)C)n1. The minimum absolute atomic E-state index is 0.394. The molecule has 0 aliphatic carbocycles. The number of hydrogen-bond donors (Lipinski definition) is 1. The lowest BCUT2D eigenvalue weighted by atomic mass is 9.98. The minimum atomic E-state index is 0.394. The summed E-state index contributed by atoms with van der Waals surface area (Å²) in [4.78, 5) is 8.49. The molecule has 0 bridgehead atoms. The Morgan fingerprint density at radius 1 is 1.33 bits per heavy atom. The molecule has 5 heteroatoms. The van der Waals surface area contributed by atoms with Gasteiger partial charge in [0.1, 0.15) is 17.6 Å². The molecule has 102 valence electrons. The molecule has 0 spiro atoms. The summed E-state index contributed by atoms with van der Waals surface area (Å²) in [5, 5.41) is 3.74. The maximum Gasteiger partial charge on any atom is 0.158 e. The number of nitrogens with zero attached hydrogens (tertiary/aromatic N) is 2. The zero-order chi connectivity index (χ0) is 13.5. The Bertz CT molecular complexity index is 371. The maximum atomic E-state index is 5.96. The molecule has 0 amide bonds. The van der Waals surface area contributed by atoms with Crippen LogP contribution in [0.15, 0.2) is 6.07 Å². The van der Waals surface area contributed by atoms with Gasteiger partial charge in [0.25, 0.3) is 0 Å². The topological polar surface area (TPSA) is 47.0 Å². The van der Waals surface area contributed by atoms with E-state index in [-0.39, 0.29) is 0 Å². The van der Waals surface area contributed by atoms with Crippen molar-refractivity contribution in [3.63, 3.8) is 0 Å². The van der Waals surface area contributed by atoms with Gasteiger partial charge >= 0.3 is 0 Å². The highest BCUT2D eigenvalue weighted by Gasteiger charge is 2.08. The second-order valence-corrected chi connectivity index (χ2v) is 5.12. The van der Waals surface area contributed by atoms with Crippen molar-refractivity contribution in [2.45, 2.75) is 34.3 Å². The highest BCUT2D eigenvalue weighted by atomic mass is 35.5. The smallest absolute Gasteiger partial charge is 0.158 e. The number of ether oxygens (including phenoxy) is 1. The van der Waals surface area contributed by atoms with Crippen LogP contribution in [0.2, 0.25) is 5.15 Å². The van der Waals surface area contributed by atoms with Crippen LogP contribution >= 0.6 is 11.6 Å². The highest BCUT2D eigenvalue weighted by Crippen LogP contribution is 2.15. The first-order valence-electron chi connectivity index (χ1n) is 6.38. The number of anilines is 1. The van der Waals surface area contributed by atoms with E-state index in [4.69, 9.17) is 16.3 Å². The first-order valence-corrected chi connectivity index (χ1v) is 6.75. The normalized spacial score (nSPS) is 12.8. The van der Waals surface area contributed by atoms with Crippen molar-refractivity contribution >= 4 is 17.4 Å². The van der Waals surface area contributed by atoms with Crippen LogP contribution in [0.25, 0.3) is 0 Å². The summed E-state index contributed by atoms with van der Waals surface area (Å²) >= 11 is 5.96. The van der Waals surface area contributed by atoms with Crippen molar-refractivity contribution < 1.29 is 4.74 Å². The van der Waals surface area contributed by atoms with Gasteiger partial charge < -0.3 is 10.1 Å². The molecule has 0 aliphatic heterocycles. The summed E-state index contributed by atoms with van der Waals surface area (Å²) in [5.41, 5.74) is 0. The average molecular weight is 272 g/mol. The Balaban J connectivity index is 2.62. The summed E-state index contributed by atoms with van der Waals surface area (Å²) < 4.78 is 5.28. The predicted octanol–water partition coefficient (Wildman–Crippen LogP) is 3.37. The van der Waals surface area contributed by atoms with Crippen molar-refractivity contribution in [2.75, 3.05) is 18.5 Å². The third-order valence-corrected chi connectivity index (χ3v) is 3.11. The molecule has 1 heterocycles. The van der Waals surface area contributed by atoms with E-state index in [1.165, 1.54) is 0 Å². The van der Waals surface area contributed by atoms with Crippen molar-refractivity contribution in [2.24, 2.45) is 11.8 Å². The van der Waals surface area contributed by atoms with Crippen molar-refractivity contribution in [1.29, 1.82) is 0 Å².